The van der Waals surface area contributed by atoms with E-state index in [2.05, 4.69) is 15.3 Å². The van der Waals surface area contributed by atoms with E-state index in [1.54, 1.807) is 28.8 Å². The molecule has 1 aliphatic carbocycles. The lowest BCUT2D eigenvalue weighted by atomic mass is 10.3. The van der Waals surface area contributed by atoms with Gasteiger partial charge in [-0.25, -0.2) is 9.97 Å². The highest BCUT2D eigenvalue weighted by Crippen LogP contribution is 2.31. The molecule has 0 aromatic carbocycles. The van der Waals surface area contributed by atoms with E-state index in [1.165, 1.54) is 11.3 Å². The molecular weight excluding hydrogens is 306 g/mol. The van der Waals surface area contributed by atoms with Crippen molar-refractivity contribution >= 4 is 39.5 Å². The summed E-state index contributed by atoms with van der Waals surface area (Å²) in [5, 5.41) is 4.01. The predicted molar refractivity (Wildman–Crippen MR) is 85.8 cm³/mol. The smallest absolute Gasteiger partial charge is 0.267 e. The maximum Gasteiger partial charge on any atom is 0.267 e. The molecule has 2 heterocycles. The number of thiazole rings is 2. The molecule has 21 heavy (non-hydrogen) atoms. The number of rotatable bonds is 5. The summed E-state index contributed by atoms with van der Waals surface area (Å²) in [6.45, 7) is 2.49. The van der Waals surface area contributed by atoms with Gasteiger partial charge in [0.2, 0.25) is 0 Å². The Bertz CT molecular complexity index is 661. The van der Waals surface area contributed by atoms with E-state index in [9.17, 15) is 4.79 Å². The van der Waals surface area contributed by atoms with E-state index in [0.29, 0.717) is 23.3 Å². The van der Waals surface area contributed by atoms with Crippen molar-refractivity contribution in [1.29, 1.82) is 0 Å². The number of aromatic nitrogens is 2. The second-order valence-electron chi connectivity index (χ2n) is 5.17. The summed E-state index contributed by atoms with van der Waals surface area (Å²) in [5.41, 5.74) is 8.64. The molecule has 0 saturated heterocycles. The number of nitrogens with zero attached hydrogens (tertiary/aromatic N) is 3. The normalized spacial score (nSPS) is 14.2. The molecule has 1 aliphatic rings. The van der Waals surface area contributed by atoms with Gasteiger partial charge in [0.1, 0.15) is 10.7 Å². The zero-order valence-corrected chi connectivity index (χ0v) is 13.6. The Morgan fingerprint density at radius 3 is 2.95 bits per heavy atom. The third-order valence-electron chi connectivity index (χ3n) is 3.32. The summed E-state index contributed by atoms with van der Waals surface area (Å²) in [6, 6.07) is 0.496. The Hall–Kier alpha value is -1.67. The first kappa shape index (κ1) is 14.3. The molecule has 0 aliphatic heterocycles. The third kappa shape index (κ3) is 3.16. The molecular formula is C13H17N5OS2. The third-order valence-corrected chi connectivity index (χ3v) is 5.24. The molecule has 6 nitrogen and oxygen atoms in total. The van der Waals surface area contributed by atoms with Crippen LogP contribution < -0.4 is 11.1 Å². The van der Waals surface area contributed by atoms with Gasteiger partial charge >= 0.3 is 0 Å². The molecule has 112 valence electrons. The number of hydrogen-bond donors (Lipinski definition) is 2. The molecule has 0 atom stereocenters. The molecule has 0 spiro atoms. The topological polar surface area (TPSA) is 84.1 Å². The van der Waals surface area contributed by atoms with Gasteiger partial charge in [-0.15, -0.1) is 11.3 Å². The maximum absolute atomic E-state index is 12.5. The molecule has 1 amide bonds. The highest BCUT2D eigenvalue weighted by Gasteiger charge is 2.25. The number of nitrogen functional groups attached to an aromatic ring is 1. The Morgan fingerprint density at radius 1 is 1.57 bits per heavy atom. The first-order valence-corrected chi connectivity index (χ1v) is 8.41. The van der Waals surface area contributed by atoms with Crippen molar-refractivity contribution in [3.05, 3.63) is 21.0 Å². The standard InChI is InChI=1S/C13H17N5OS2/c1-7-9(20-6-15-7)5-18(2)12(19)10-11(14)17-13(21-10)16-8-3-4-8/h6,8H,3-5,14H2,1-2H3,(H,16,17). The van der Waals surface area contributed by atoms with Crippen LogP contribution in [0.4, 0.5) is 10.9 Å². The monoisotopic (exact) mass is 323 g/mol. The van der Waals surface area contributed by atoms with Crippen LogP contribution in [-0.2, 0) is 6.54 Å². The van der Waals surface area contributed by atoms with Gasteiger partial charge in [-0.1, -0.05) is 11.3 Å². The average molecular weight is 323 g/mol. The predicted octanol–water partition coefficient (Wildman–Crippen LogP) is 2.34. The van der Waals surface area contributed by atoms with Crippen molar-refractivity contribution in [3.8, 4) is 0 Å². The Kier molecular flexibility index (Phi) is 3.81. The number of nitrogens with two attached hydrogens (primary N) is 1. The second kappa shape index (κ2) is 5.61. The van der Waals surface area contributed by atoms with E-state index in [-0.39, 0.29) is 5.91 Å². The number of aryl methyl sites for hydroxylation is 1. The van der Waals surface area contributed by atoms with Crippen LogP contribution in [0.15, 0.2) is 5.51 Å². The van der Waals surface area contributed by atoms with E-state index >= 15 is 0 Å². The minimum Gasteiger partial charge on any atom is -0.382 e. The number of hydrogen-bond acceptors (Lipinski definition) is 7. The second-order valence-corrected chi connectivity index (χ2v) is 7.11. The molecule has 0 radical (unpaired) electrons. The fourth-order valence-electron chi connectivity index (χ4n) is 1.89. The first-order valence-electron chi connectivity index (χ1n) is 6.72. The number of amides is 1. The number of carbonyl (C=O) groups is 1. The summed E-state index contributed by atoms with van der Waals surface area (Å²) >= 11 is 2.89. The van der Waals surface area contributed by atoms with Crippen LogP contribution in [-0.4, -0.2) is 33.9 Å². The van der Waals surface area contributed by atoms with E-state index in [0.717, 1.165) is 28.5 Å². The van der Waals surface area contributed by atoms with Crippen LogP contribution in [0.5, 0.6) is 0 Å². The van der Waals surface area contributed by atoms with Crippen molar-refractivity contribution in [2.75, 3.05) is 18.1 Å². The Labute approximate surface area is 131 Å². The quantitative estimate of drug-likeness (QED) is 0.882. The van der Waals surface area contributed by atoms with Gasteiger partial charge in [0.25, 0.3) is 5.91 Å². The highest BCUT2D eigenvalue weighted by molar-refractivity contribution is 7.18. The Morgan fingerprint density at radius 2 is 2.33 bits per heavy atom. The van der Waals surface area contributed by atoms with Crippen LogP contribution in [0.1, 0.15) is 33.1 Å². The molecule has 3 rings (SSSR count). The Balaban J connectivity index is 1.71. The van der Waals surface area contributed by atoms with Crippen molar-refractivity contribution < 1.29 is 4.79 Å². The highest BCUT2D eigenvalue weighted by atomic mass is 32.1. The van der Waals surface area contributed by atoms with Crippen LogP contribution >= 0.6 is 22.7 Å². The average Bonchev–Trinajstić information content (AvgIpc) is 3.06. The zero-order valence-electron chi connectivity index (χ0n) is 11.9. The van der Waals surface area contributed by atoms with Gasteiger partial charge in [-0.3, -0.25) is 4.79 Å². The van der Waals surface area contributed by atoms with Crippen molar-refractivity contribution in [3.63, 3.8) is 0 Å². The number of nitrogens with one attached hydrogen (secondary N) is 1. The summed E-state index contributed by atoms with van der Waals surface area (Å²) in [4.78, 5) is 24.2. The lowest BCUT2D eigenvalue weighted by Gasteiger charge is -2.15. The van der Waals surface area contributed by atoms with Gasteiger partial charge in [-0.05, 0) is 19.8 Å². The molecule has 0 unspecified atom stereocenters. The van der Waals surface area contributed by atoms with Gasteiger partial charge in [0.15, 0.2) is 5.13 Å². The molecule has 1 fully saturated rings. The summed E-state index contributed by atoms with van der Waals surface area (Å²) in [6.07, 6.45) is 2.32. The molecule has 1 saturated carbocycles. The van der Waals surface area contributed by atoms with Crippen molar-refractivity contribution in [1.82, 2.24) is 14.9 Å². The zero-order chi connectivity index (χ0) is 15.0. The van der Waals surface area contributed by atoms with Crippen molar-refractivity contribution in [2.24, 2.45) is 0 Å². The fraction of sp³-hybridized carbons (Fsp3) is 0.462. The van der Waals surface area contributed by atoms with Gasteiger partial charge in [-0.2, -0.15) is 0 Å². The first-order chi connectivity index (χ1) is 10.0. The summed E-state index contributed by atoms with van der Waals surface area (Å²) < 4.78 is 0. The van der Waals surface area contributed by atoms with Gasteiger partial charge in [0, 0.05) is 18.0 Å². The maximum atomic E-state index is 12.5. The van der Waals surface area contributed by atoms with E-state index in [4.69, 9.17) is 5.73 Å². The molecule has 0 bridgehead atoms. The molecule has 8 heteroatoms. The largest absolute Gasteiger partial charge is 0.382 e. The van der Waals surface area contributed by atoms with Gasteiger partial charge in [0.05, 0.1) is 17.7 Å². The summed E-state index contributed by atoms with van der Waals surface area (Å²) in [5.74, 6) is 0.211. The van der Waals surface area contributed by atoms with Crippen LogP contribution in [0.25, 0.3) is 0 Å². The van der Waals surface area contributed by atoms with E-state index in [1.807, 2.05) is 6.92 Å². The lowest BCUT2D eigenvalue weighted by molar-refractivity contribution is 0.0792. The minimum absolute atomic E-state index is 0.0957. The number of anilines is 2. The van der Waals surface area contributed by atoms with Crippen molar-refractivity contribution in [2.45, 2.75) is 32.4 Å². The SMILES string of the molecule is Cc1ncsc1CN(C)C(=O)c1sc(NC2CC2)nc1N. The van der Waals surface area contributed by atoms with Gasteiger partial charge < -0.3 is 16.0 Å². The lowest BCUT2D eigenvalue weighted by Crippen LogP contribution is -2.26. The minimum atomic E-state index is -0.0957. The number of carbonyl (C=O) groups excluding carboxylic acids is 1. The van der Waals surface area contributed by atoms with E-state index < -0.39 is 0 Å². The van der Waals surface area contributed by atoms with Crippen LogP contribution in [0, 0.1) is 6.92 Å². The molecule has 2 aromatic rings. The van der Waals surface area contributed by atoms with Crippen LogP contribution in [0.2, 0.25) is 0 Å². The molecule has 2 aromatic heterocycles. The summed E-state index contributed by atoms with van der Waals surface area (Å²) in [7, 11) is 1.77. The van der Waals surface area contributed by atoms with Crippen LogP contribution in [0.3, 0.4) is 0 Å². The fourth-order valence-corrected chi connectivity index (χ4v) is 3.67. The molecule has 3 N–H and O–H groups in total.